The molecule has 0 spiro atoms. The van der Waals surface area contributed by atoms with Gasteiger partial charge in [0.05, 0.1) is 0 Å². The molecule has 0 bridgehead atoms. The number of amides is 1. The van der Waals surface area contributed by atoms with Crippen molar-refractivity contribution >= 4 is 5.91 Å². The molecule has 0 heterocycles. The molecule has 0 aliphatic heterocycles. The molecule has 0 saturated heterocycles. The van der Waals surface area contributed by atoms with E-state index in [-0.39, 0.29) is 5.91 Å². The van der Waals surface area contributed by atoms with Crippen molar-refractivity contribution in [3.05, 3.63) is 48.6 Å². The summed E-state index contributed by atoms with van der Waals surface area (Å²) in [5.41, 5.74) is 1.42. The average molecular weight is 287 g/mol. The Bertz CT molecular complexity index is 399. The largest absolute Gasteiger partial charge is 0.339 e. The number of rotatable bonds is 11. The van der Waals surface area contributed by atoms with Crippen molar-refractivity contribution < 1.29 is 4.79 Å². The van der Waals surface area contributed by atoms with Crippen LogP contribution in [0.15, 0.2) is 43.0 Å². The van der Waals surface area contributed by atoms with Crippen LogP contribution in [-0.4, -0.2) is 23.9 Å². The molecule has 2 heteroatoms. The van der Waals surface area contributed by atoms with E-state index in [0.717, 1.165) is 38.8 Å². The Kier molecular flexibility index (Phi) is 9.26. The Morgan fingerprint density at radius 2 is 1.71 bits per heavy atom. The fourth-order valence-electron chi connectivity index (χ4n) is 2.44. The maximum atomic E-state index is 11.7. The van der Waals surface area contributed by atoms with E-state index in [0.29, 0.717) is 0 Å². The summed E-state index contributed by atoms with van der Waals surface area (Å²) in [7, 11) is 0. The van der Waals surface area contributed by atoms with Crippen LogP contribution < -0.4 is 0 Å². The quantitative estimate of drug-likeness (QED) is 0.430. The number of hydrogen-bond acceptors (Lipinski definition) is 1. The summed E-state index contributed by atoms with van der Waals surface area (Å²) in [5.74, 6) is 0.0766. The minimum Gasteiger partial charge on any atom is -0.339 e. The van der Waals surface area contributed by atoms with Gasteiger partial charge < -0.3 is 4.90 Å². The minimum absolute atomic E-state index is 0.0766. The van der Waals surface area contributed by atoms with E-state index in [1.165, 1.54) is 30.9 Å². The van der Waals surface area contributed by atoms with Crippen molar-refractivity contribution in [2.24, 2.45) is 0 Å². The van der Waals surface area contributed by atoms with E-state index >= 15 is 0 Å². The molecule has 0 fully saturated rings. The Hall–Kier alpha value is -1.57. The number of unbranched alkanes of at least 4 members (excludes halogenated alkanes) is 4. The first-order valence-corrected chi connectivity index (χ1v) is 8.23. The van der Waals surface area contributed by atoms with Gasteiger partial charge in [-0.3, -0.25) is 4.79 Å². The Morgan fingerprint density at radius 3 is 2.38 bits per heavy atom. The topological polar surface area (TPSA) is 20.3 Å². The molecule has 1 aromatic rings. The highest BCUT2D eigenvalue weighted by molar-refractivity contribution is 5.86. The molecule has 1 amide bonds. The van der Waals surface area contributed by atoms with Crippen LogP contribution >= 0.6 is 0 Å². The highest BCUT2D eigenvalue weighted by Gasteiger charge is 2.08. The number of hydrogen-bond donors (Lipinski definition) is 0. The maximum Gasteiger partial charge on any atom is 0.245 e. The average Bonchev–Trinajstić information content (AvgIpc) is 2.53. The highest BCUT2D eigenvalue weighted by atomic mass is 16.2. The Balaban J connectivity index is 2.13. The number of aryl methyl sites for hydroxylation is 1. The van der Waals surface area contributed by atoms with Gasteiger partial charge in [0, 0.05) is 13.1 Å². The van der Waals surface area contributed by atoms with E-state index in [2.05, 4.69) is 43.8 Å². The molecule has 1 aromatic carbocycles. The summed E-state index contributed by atoms with van der Waals surface area (Å²) in [6, 6.07) is 10.6. The molecular formula is C19H29NO. The molecule has 1 rings (SSSR count). The third-order valence-electron chi connectivity index (χ3n) is 3.75. The molecule has 21 heavy (non-hydrogen) atoms. The second-order valence-corrected chi connectivity index (χ2v) is 5.53. The third-order valence-corrected chi connectivity index (χ3v) is 3.75. The number of benzene rings is 1. The molecule has 0 aliphatic rings. The van der Waals surface area contributed by atoms with Crippen LogP contribution in [-0.2, 0) is 11.2 Å². The smallest absolute Gasteiger partial charge is 0.245 e. The molecule has 0 radical (unpaired) electrons. The lowest BCUT2D eigenvalue weighted by molar-refractivity contribution is -0.126. The first kappa shape index (κ1) is 17.5. The second kappa shape index (κ2) is 11.1. The predicted octanol–water partition coefficient (Wildman–Crippen LogP) is 4.60. The minimum atomic E-state index is 0.0766. The van der Waals surface area contributed by atoms with Gasteiger partial charge in [-0.05, 0) is 37.3 Å². The number of nitrogens with zero attached hydrogens (tertiary/aromatic N) is 1. The zero-order chi connectivity index (χ0) is 15.3. The monoisotopic (exact) mass is 287 g/mol. The van der Waals surface area contributed by atoms with Crippen molar-refractivity contribution in [1.82, 2.24) is 4.90 Å². The lowest BCUT2D eigenvalue weighted by Crippen LogP contribution is -2.31. The van der Waals surface area contributed by atoms with Crippen molar-refractivity contribution in [3.8, 4) is 0 Å². The zero-order valence-electron chi connectivity index (χ0n) is 13.4. The summed E-state index contributed by atoms with van der Waals surface area (Å²) in [5, 5.41) is 0. The van der Waals surface area contributed by atoms with Gasteiger partial charge in [0.15, 0.2) is 0 Å². The standard InChI is InChI=1S/C19H29NO/c1-3-5-16-20(19(21)4-2)17-12-7-6-9-13-18-14-10-8-11-15-18/h4,8,10-11,14-15H,2-3,5-7,9,12-13,16-17H2,1H3. The van der Waals surface area contributed by atoms with Gasteiger partial charge in [0.25, 0.3) is 0 Å². The summed E-state index contributed by atoms with van der Waals surface area (Å²) in [6.45, 7) is 7.48. The Labute approximate surface area is 129 Å². The first-order valence-electron chi connectivity index (χ1n) is 8.23. The molecule has 0 aliphatic carbocycles. The van der Waals surface area contributed by atoms with Crippen molar-refractivity contribution in [2.75, 3.05) is 13.1 Å². The van der Waals surface area contributed by atoms with Crippen LogP contribution in [0, 0.1) is 0 Å². The lowest BCUT2D eigenvalue weighted by atomic mass is 10.1. The molecule has 0 aromatic heterocycles. The molecule has 0 atom stereocenters. The second-order valence-electron chi connectivity index (χ2n) is 5.53. The molecule has 2 nitrogen and oxygen atoms in total. The van der Waals surface area contributed by atoms with Crippen molar-refractivity contribution in [2.45, 2.75) is 51.9 Å². The lowest BCUT2D eigenvalue weighted by Gasteiger charge is -2.20. The summed E-state index contributed by atoms with van der Waals surface area (Å²) >= 11 is 0. The van der Waals surface area contributed by atoms with Gasteiger partial charge in [-0.1, -0.05) is 63.1 Å². The van der Waals surface area contributed by atoms with E-state index in [1.807, 2.05) is 4.90 Å². The molecule has 0 N–H and O–H groups in total. The Morgan fingerprint density at radius 1 is 1.05 bits per heavy atom. The van der Waals surface area contributed by atoms with Gasteiger partial charge in [-0.25, -0.2) is 0 Å². The molecule has 0 saturated carbocycles. The number of carbonyl (C=O) groups is 1. The summed E-state index contributed by atoms with van der Waals surface area (Å²) in [6.07, 6.45) is 9.55. The van der Waals surface area contributed by atoms with Gasteiger partial charge in [-0.15, -0.1) is 0 Å². The van der Waals surface area contributed by atoms with Crippen LogP contribution in [0.25, 0.3) is 0 Å². The van der Waals surface area contributed by atoms with E-state index in [4.69, 9.17) is 0 Å². The number of carbonyl (C=O) groups excluding carboxylic acids is 1. The van der Waals surface area contributed by atoms with Crippen LogP contribution in [0.4, 0.5) is 0 Å². The highest BCUT2D eigenvalue weighted by Crippen LogP contribution is 2.08. The molecule has 116 valence electrons. The molecular weight excluding hydrogens is 258 g/mol. The zero-order valence-corrected chi connectivity index (χ0v) is 13.4. The van der Waals surface area contributed by atoms with E-state index < -0.39 is 0 Å². The van der Waals surface area contributed by atoms with E-state index in [1.54, 1.807) is 0 Å². The van der Waals surface area contributed by atoms with Gasteiger partial charge >= 0.3 is 0 Å². The van der Waals surface area contributed by atoms with Gasteiger partial charge in [-0.2, -0.15) is 0 Å². The summed E-state index contributed by atoms with van der Waals surface area (Å²) < 4.78 is 0. The fraction of sp³-hybridized carbons (Fsp3) is 0.526. The predicted molar refractivity (Wildman–Crippen MR) is 90.3 cm³/mol. The van der Waals surface area contributed by atoms with E-state index in [9.17, 15) is 4.79 Å². The van der Waals surface area contributed by atoms with Gasteiger partial charge in [0.1, 0.15) is 0 Å². The maximum absolute atomic E-state index is 11.7. The van der Waals surface area contributed by atoms with Crippen LogP contribution in [0.2, 0.25) is 0 Å². The van der Waals surface area contributed by atoms with Crippen LogP contribution in [0.1, 0.15) is 51.0 Å². The van der Waals surface area contributed by atoms with Crippen LogP contribution in [0.5, 0.6) is 0 Å². The summed E-state index contributed by atoms with van der Waals surface area (Å²) in [4.78, 5) is 13.7. The van der Waals surface area contributed by atoms with Crippen LogP contribution in [0.3, 0.4) is 0 Å². The van der Waals surface area contributed by atoms with Crippen molar-refractivity contribution in [1.29, 1.82) is 0 Å². The first-order chi connectivity index (χ1) is 10.3. The normalized spacial score (nSPS) is 10.3. The SMILES string of the molecule is C=CC(=O)N(CCCC)CCCCCCc1ccccc1. The molecule has 0 unspecified atom stereocenters. The third kappa shape index (κ3) is 7.69. The van der Waals surface area contributed by atoms with Gasteiger partial charge in [0.2, 0.25) is 5.91 Å². The van der Waals surface area contributed by atoms with Crippen molar-refractivity contribution in [3.63, 3.8) is 0 Å². The fourth-order valence-corrected chi connectivity index (χ4v) is 2.44.